The smallest absolute Gasteiger partial charge is 0.404 e. The number of carbonyl (C=O) groups is 2. The summed E-state index contributed by atoms with van der Waals surface area (Å²) in [6.45, 7) is 3.75. The van der Waals surface area contributed by atoms with Gasteiger partial charge in [-0.15, -0.1) is 0 Å². The van der Waals surface area contributed by atoms with E-state index < -0.39 is 17.8 Å². The van der Waals surface area contributed by atoms with Crippen molar-refractivity contribution in [2.75, 3.05) is 0 Å². The molecule has 7 heteroatoms. The van der Waals surface area contributed by atoms with Gasteiger partial charge in [-0.1, -0.05) is 0 Å². The summed E-state index contributed by atoms with van der Waals surface area (Å²) in [5, 5.41) is 0.700. The van der Waals surface area contributed by atoms with Gasteiger partial charge in [0, 0.05) is 16.6 Å². The van der Waals surface area contributed by atoms with Gasteiger partial charge < -0.3 is 21.2 Å². The van der Waals surface area contributed by atoms with Crippen molar-refractivity contribution in [2.24, 2.45) is 11.5 Å². The predicted molar refractivity (Wildman–Crippen MR) is 87.3 cm³/mol. The summed E-state index contributed by atoms with van der Waals surface area (Å²) in [6, 6.07) is 1.19. The number of aryl methyl sites for hydroxylation is 2. The number of hydrogen-bond donors (Lipinski definition) is 3. The normalized spacial score (nSPS) is 20.5. The quantitative estimate of drug-likeness (QED) is 0.803. The standard InChI is InChI=1S/C17H20FN3O3/c1-7-8(2)21-15-11(16(19)22)6-12(18)14(13(7)15)9-3-4-10(5-9)24-17(20)23/h6,9-10,21H,3-5H2,1-2H3,(H2,19,22)(H2,20,23)/t9?,10-/m0/s1. The van der Waals surface area contributed by atoms with Gasteiger partial charge in [-0.05, 0) is 50.7 Å². The Labute approximate surface area is 138 Å². The minimum atomic E-state index is -0.816. The first kappa shape index (κ1) is 16.3. The van der Waals surface area contributed by atoms with E-state index in [1.54, 1.807) is 0 Å². The SMILES string of the molecule is Cc1[nH]c2c(C(N)=O)cc(F)c(C3CC[C@H](OC(N)=O)C3)c2c1C. The Bertz CT molecular complexity index is 843. The monoisotopic (exact) mass is 333 g/mol. The summed E-state index contributed by atoms with van der Waals surface area (Å²) in [7, 11) is 0. The second kappa shape index (κ2) is 5.81. The molecule has 0 bridgehead atoms. The van der Waals surface area contributed by atoms with Crippen molar-refractivity contribution in [1.29, 1.82) is 0 Å². The van der Waals surface area contributed by atoms with Crippen molar-refractivity contribution in [3.63, 3.8) is 0 Å². The maximum Gasteiger partial charge on any atom is 0.404 e. The molecule has 2 amide bonds. The number of aromatic nitrogens is 1. The zero-order valence-electron chi connectivity index (χ0n) is 13.6. The van der Waals surface area contributed by atoms with Crippen LogP contribution in [0.15, 0.2) is 6.07 Å². The van der Waals surface area contributed by atoms with Crippen molar-refractivity contribution in [2.45, 2.75) is 45.1 Å². The number of fused-ring (bicyclic) bond motifs is 1. The predicted octanol–water partition coefficient (Wildman–Crippen LogP) is 2.75. The summed E-state index contributed by atoms with van der Waals surface area (Å²) >= 11 is 0. The summed E-state index contributed by atoms with van der Waals surface area (Å²) in [6.07, 6.45) is 0.703. The van der Waals surface area contributed by atoms with E-state index in [2.05, 4.69) is 4.98 Å². The molecule has 0 radical (unpaired) electrons. The van der Waals surface area contributed by atoms with Gasteiger partial charge >= 0.3 is 6.09 Å². The molecule has 1 unspecified atom stereocenters. The minimum Gasteiger partial charge on any atom is -0.446 e. The lowest BCUT2D eigenvalue weighted by Crippen LogP contribution is -2.20. The lowest BCUT2D eigenvalue weighted by atomic mass is 9.90. The first-order chi connectivity index (χ1) is 11.3. The first-order valence-corrected chi connectivity index (χ1v) is 7.86. The Hall–Kier alpha value is -2.57. The lowest BCUT2D eigenvalue weighted by Gasteiger charge is -2.16. The molecular weight excluding hydrogens is 313 g/mol. The second-order valence-corrected chi connectivity index (χ2v) is 6.38. The molecule has 24 heavy (non-hydrogen) atoms. The highest BCUT2D eigenvalue weighted by Gasteiger charge is 2.33. The van der Waals surface area contributed by atoms with Crippen LogP contribution < -0.4 is 11.5 Å². The number of hydrogen-bond acceptors (Lipinski definition) is 3. The fourth-order valence-corrected chi connectivity index (χ4v) is 3.72. The Morgan fingerprint density at radius 2 is 2.00 bits per heavy atom. The number of rotatable bonds is 3. The fourth-order valence-electron chi connectivity index (χ4n) is 3.72. The van der Waals surface area contributed by atoms with Crippen molar-refractivity contribution >= 4 is 22.9 Å². The second-order valence-electron chi connectivity index (χ2n) is 6.38. The van der Waals surface area contributed by atoms with E-state index in [0.717, 1.165) is 11.3 Å². The van der Waals surface area contributed by atoms with Gasteiger partial charge in [-0.3, -0.25) is 4.79 Å². The summed E-state index contributed by atoms with van der Waals surface area (Å²) in [5.41, 5.74) is 13.5. The van der Waals surface area contributed by atoms with Crippen molar-refractivity contribution in [3.05, 3.63) is 34.3 Å². The molecule has 0 spiro atoms. The van der Waals surface area contributed by atoms with Gasteiger partial charge in [0.1, 0.15) is 11.9 Å². The van der Waals surface area contributed by atoms with Crippen LogP contribution >= 0.6 is 0 Å². The zero-order valence-corrected chi connectivity index (χ0v) is 13.6. The van der Waals surface area contributed by atoms with E-state index in [4.69, 9.17) is 16.2 Å². The highest BCUT2D eigenvalue weighted by atomic mass is 19.1. The number of ether oxygens (including phenoxy) is 1. The third-order valence-electron chi connectivity index (χ3n) is 4.91. The molecule has 3 rings (SSSR count). The average Bonchev–Trinajstić information content (AvgIpc) is 3.04. The van der Waals surface area contributed by atoms with Crippen LogP contribution in [0.1, 0.15) is 52.4 Å². The molecule has 5 N–H and O–H groups in total. The Morgan fingerprint density at radius 3 is 2.62 bits per heavy atom. The van der Waals surface area contributed by atoms with Gasteiger partial charge in [0.05, 0.1) is 11.1 Å². The van der Waals surface area contributed by atoms with Crippen LogP contribution in [-0.4, -0.2) is 23.1 Å². The summed E-state index contributed by atoms with van der Waals surface area (Å²) < 4.78 is 19.9. The van der Waals surface area contributed by atoms with E-state index in [0.29, 0.717) is 35.7 Å². The number of benzene rings is 1. The van der Waals surface area contributed by atoms with E-state index in [9.17, 15) is 14.0 Å². The fraction of sp³-hybridized carbons (Fsp3) is 0.412. The maximum atomic E-state index is 14.8. The molecule has 2 atom stereocenters. The highest BCUT2D eigenvalue weighted by molar-refractivity contribution is 6.07. The molecule has 1 aromatic carbocycles. The molecule has 128 valence electrons. The molecule has 1 fully saturated rings. The topological polar surface area (TPSA) is 111 Å². The van der Waals surface area contributed by atoms with Gasteiger partial charge in [0.2, 0.25) is 0 Å². The van der Waals surface area contributed by atoms with Crippen LogP contribution in [0.5, 0.6) is 0 Å². The van der Waals surface area contributed by atoms with E-state index in [-0.39, 0.29) is 17.6 Å². The molecule has 1 aliphatic rings. The van der Waals surface area contributed by atoms with Crippen LogP contribution in [0, 0.1) is 19.7 Å². The Balaban J connectivity index is 2.12. The van der Waals surface area contributed by atoms with Gasteiger partial charge in [-0.2, -0.15) is 0 Å². The van der Waals surface area contributed by atoms with Crippen LogP contribution in [0.3, 0.4) is 0 Å². The van der Waals surface area contributed by atoms with E-state index >= 15 is 0 Å². The third kappa shape index (κ3) is 2.60. The van der Waals surface area contributed by atoms with Crippen molar-refractivity contribution in [1.82, 2.24) is 4.98 Å². The summed E-state index contributed by atoms with van der Waals surface area (Å²) in [4.78, 5) is 25.7. The molecular formula is C17H20FN3O3. The molecule has 1 heterocycles. The molecule has 0 aliphatic heterocycles. The molecule has 2 aromatic rings. The highest BCUT2D eigenvalue weighted by Crippen LogP contribution is 2.42. The first-order valence-electron chi connectivity index (χ1n) is 7.86. The number of nitrogens with one attached hydrogen (secondary N) is 1. The number of halogens is 1. The third-order valence-corrected chi connectivity index (χ3v) is 4.91. The largest absolute Gasteiger partial charge is 0.446 e. The van der Waals surface area contributed by atoms with E-state index in [1.807, 2.05) is 13.8 Å². The van der Waals surface area contributed by atoms with Crippen molar-refractivity contribution < 1.29 is 18.7 Å². The van der Waals surface area contributed by atoms with Crippen LogP contribution in [0.2, 0.25) is 0 Å². The van der Waals surface area contributed by atoms with Crippen molar-refractivity contribution in [3.8, 4) is 0 Å². The Morgan fingerprint density at radius 1 is 1.29 bits per heavy atom. The average molecular weight is 333 g/mol. The molecule has 0 saturated heterocycles. The number of aromatic amines is 1. The van der Waals surface area contributed by atoms with Crippen LogP contribution in [-0.2, 0) is 4.74 Å². The lowest BCUT2D eigenvalue weighted by molar-refractivity contribution is 0.1000. The summed E-state index contributed by atoms with van der Waals surface area (Å²) in [5.74, 6) is -1.23. The van der Waals surface area contributed by atoms with Crippen LogP contribution in [0.25, 0.3) is 10.9 Å². The number of H-pyrrole nitrogens is 1. The number of primary amides is 2. The van der Waals surface area contributed by atoms with Gasteiger partial charge in [0.15, 0.2) is 0 Å². The molecule has 1 aliphatic carbocycles. The molecule has 1 aromatic heterocycles. The zero-order chi connectivity index (χ0) is 17.6. The number of carbonyl (C=O) groups excluding carboxylic acids is 2. The number of nitrogens with two attached hydrogens (primary N) is 2. The van der Waals surface area contributed by atoms with Gasteiger partial charge in [-0.25, -0.2) is 9.18 Å². The van der Waals surface area contributed by atoms with E-state index in [1.165, 1.54) is 6.07 Å². The maximum absolute atomic E-state index is 14.8. The van der Waals surface area contributed by atoms with Crippen LogP contribution in [0.4, 0.5) is 9.18 Å². The minimum absolute atomic E-state index is 0.104. The number of amides is 2. The Kier molecular flexibility index (Phi) is 3.95. The van der Waals surface area contributed by atoms with Gasteiger partial charge in [0.25, 0.3) is 5.91 Å². The molecule has 1 saturated carbocycles. The molecule has 6 nitrogen and oxygen atoms in total.